The van der Waals surface area contributed by atoms with Crippen molar-refractivity contribution in [1.82, 2.24) is 20.1 Å². The lowest BCUT2D eigenvalue weighted by Gasteiger charge is -2.69. The summed E-state index contributed by atoms with van der Waals surface area (Å²) in [4.78, 5) is 16.5. The van der Waals surface area contributed by atoms with Crippen LogP contribution in [0.25, 0.3) is 5.69 Å². The van der Waals surface area contributed by atoms with Crippen LogP contribution in [0.15, 0.2) is 30.6 Å². The van der Waals surface area contributed by atoms with Gasteiger partial charge < -0.3 is 10.1 Å². The Balaban J connectivity index is 1.08. The Bertz CT molecular complexity index is 1060. The minimum Gasteiger partial charge on any atom is -0.368 e. The quantitative estimate of drug-likeness (QED) is 0.600. The van der Waals surface area contributed by atoms with E-state index in [1.54, 1.807) is 0 Å². The van der Waals surface area contributed by atoms with Crippen LogP contribution in [0.2, 0.25) is 0 Å². The second kappa shape index (κ2) is 7.67. The molecule has 0 unspecified atom stereocenters. The average molecular weight is 490 g/mol. The van der Waals surface area contributed by atoms with E-state index in [4.69, 9.17) is 4.74 Å². The lowest BCUT2D eigenvalue weighted by Crippen LogP contribution is -2.77. The largest absolute Gasteiger partial charge is 0.522 e. The predicted octanol–water partition coefficient (Wildman–Crippen LogP) is 3.66. The topological polar surface area (TPSA) is 78.3 Å². The van der Waals surface area contributed by atoms with Crippen LogP contribution < -0.4 is 5.32 Å². The number of halogens is 6. The van der Waals surface area contributed by atoms with Crippen LogP contribution in [0, 0.1) is 0 Å². The number of alkyl halides is 6. The maximum Gasteiger partial charge on any atom is 0.522 e. The van der Waals surface area contributed by atoms with Gasteiger partial charge in [-0.05, 0) is 43.5 Å². The summed E-state index contributed by atoms with van der Waals surface area (Å²) in [5.41, 5.74) is -0.940. The summed E-state index contributed by atoms with van der Waals surface area (Å²) in [5, 5.41) is 7.34. The molecular formula is C21H20F6N4O3. The normalized spacial score (nSPS) is 30.2. The molecule has 34 heavy (non-hydrogen) atoms. The van der Waals surface area contributed by atoms with Crippen molar-refractivity contribution in [2.75, 3.05) is 6.61 Å². The van der Waals surface area contributed by atoms with Gasteiger partial charge in [-0.25, -0.2) is 9.67 Å². The van der Waals surface area contributed by atoms with Gasteiger partial charge in [0.05, 0.1) is 23.5 Å². The molecule has 1 N–H and O–H groups in total. The zero-order chi connectivity index (χ0) is 24.4. The van der Waals surface area contributed by atoms with Crippen LogP contribution in [0.1, 0.15) is 43.5 Å². The molecule has 1 heterocycles. The van der Waals surface area contributed by atoms with Gasteiger partial charge in [-0.1, -0.05) is 0 Å². The third-order valence-electron chi connectivity index (χ3n) is 6.66. The Kier molecular flexibility index (Phi) is 5.21. The minimum absolute atomic E-state index is 0.0916. The highest BCUT2D eigenvalue weighted by Gasteiger charge is 2.71. The van der Waals surface area contributed by atoms with E-state index in [1.165, 1.54) is 23.1 Å². The maximum absolute atomic E-state index is 12.7. The molecule has 6 rings (SSSR count). The molecule has 2 bridgehead atoms. The van der Waals surface area contributed by atoms with Crippen molar-refractivity contribution in [3.8, 4) is 5.69 Å². The summed E-state index contributed by atoms with van der Waals surface area (Å²) in [6.07, 6.45) is -6.92. The number of aromatic nitrogens is 3. The summed E-state index contributed by atoms with van der Waals surface area (Å²) in [6.45, 7) is -0.237. The van der Waals surface area contributed by atoms with Crippen molar-refractivity contribution in [3.05, 3.63) is 42.0 Å². The van der Waals surface area contributed by atoms with Gasteiger partial charge in [0.2, 0.25) is 5.91 Å². The summed E-state index contributed by atoms with van der Waals surface area (Å²) in [7, 11) is 0. The van der Waals surface area contributed by atoms with E-state index in [9.17, 15) is 31.1 Å². The second-order valence-electron chi connectivity index (χ2n) is 9.29. The van der Waals surface area contributed by atoms with Crippen LogP contribution >= 0.6 is 0 Å². The van der Waals surface area contributed by atoms with E-state index in [1.807, 2.05) is 0 Å². The number of carbonyl (C=O) groups is 1. The molecule has 4 fully saturated rings. The summed E-state index contributed by atoms with van der Waals surface area (Å²) < 4.78 is 85.2. The predicted molar refractivity (Wildman–Crippen MR) is 103 cm³/mol. The minimum atomic E-state index is -4.67. The molecular weight excluding hydrogens is 470 g/mol. The lowest BCUT2D eigenvalue weighted by atomic mass is 9.39. The van der Waals surface area contributed by atoms with Crippen LogP contribution in [0.5, 0.6) is 0 Å². The highest BCUT2D eigenvalue weighted by molar-refractivity contribution is 5.79. The van der Waals surface area contributed by atoms with Crippen molar-refractivity contribution in [2.24, 2.45) is 0 Å². The molecule has 0 atom stereocenters. The van der Waals surface area contributed by atoms with Crippen molar-refractivity contribution in [2.45, 2.75) is 67.8 Å². The Hall–Kier alpha value is -2.67. The number of amides is 1. The number of hydrogen-bond acceptors (Lipinski definition) is 5. The maximum atomic E-state index is 12.7. The molecule has 0 radical (unpaired) electrons. The molecule has 4 aliphatic rings. The van der Waals surface area contributed by atoms with Gasteiger partial charge in [0.1, 0.15) is 12.9 Å². The summed E-state index contributed by atoms with van der Waals surface area (Å²) >= 11 is 0. The fraction of sp³-hybridized carbons (Fsp3) is 0.571. The number of hydrogen-bond donors (Lipinski definition) is 1. The molecule has 184 valence electrons. The number of carbonyl (C=O) groups excluding carboxylic acids is 1. The molecule has 7 nitrogen and oxygen atoms in total. The molecule has 0 spiro atoms. The molecule has 13 heteroatoms. The second-order valence-corrected chi connectivity index (χ2v) is 9.29. The Morgan fingerprint density at radius 1 is 1.06 bits per heavy atom. The van der Waals surface area contributed by atoms with Gasteiger partial charge >= 0.3 is 12.5 Å². The van der Waals surface area contributed by atoms with Gasteiger partial charge in [-0.15, -0.1) is 13.2 Å². The van der Waals surface area contributed by atoms with Gasteiger partial charge in [0.25, 0.3) is 0 Å². The van der Waals surface area contributed by atoms with Gasteiger partial charge in [-0.2, -0.15) is 18.3 Å². The molecule has 2 aromatic rings. The van der Waals surface area contributed by atoms with Crippen molar-refractivity contribution >= 4 is 5.91 Å². The van der Waals surface area contributed by atoms with E-state index in [-0.39, 0.29) is 36.3 Å². The van der Waals surface area contributed by atoms with Crippen LogP contribution in [0.4, 0.5) is 26.3 Å². The number of ether oxygens (including phenoxy) is 2. The molecule has 4 aliphatic carbocycles. The monoisotopic (exact) mass is 490 g/mol. The first-order chi connectivity index (χ1) is 15.8. The van der Waals surface area contributed by atoms with Gasteiger partial charge in [0, 0.05) is 23.8 Å². The van der Waals surface area contributed by atoms with Gasteiger partial charge in [-0.3, -0.25) is 9.53 Å². The SMILES string of the molecule is O=C(CO[C@H]1C[C@@H](OC(F)(F)F)C1)NC12CC(c3ncn(-c4ccc(C(F)(F)F)cc4)n3)(C1)C2. The zero-order valence-electron chi connectivity index (χ0n) is 17.6. The fourth-order valence-corrected chi connectivity index (χ4v) is 5.06. The van der Waals surface area contributed by atoms with Crippen molar-refractivity contribution < 1.29 is 40.6 Å². The Labute approximate surface area is 189 Å². The molecule has 1 aromatic heterocycles. The molecule has 4 saturated carbocycles. The Morgan fingerprint density at radius 2 is 1.71 bits per heavy atom. The van der Waals surface area contributed by atoms with Crippen molar-refractivity contribution in [1.29, 1.82) is 0 Å². The number of rotatable bonds is 7. The zero-order valence-corrected chi connectivity index (χ0v) is 17.6. The van der Waals surface area contributed by atoms with E-state index < -0.39 is 30.3 Å². The highest BCUT2D eigenvalue weighted by Crippen LogP contribution is 2.67. The van der Waals surface area contributed by atoms with Crippen LogP contribution in [0.3, 0.4) is 0 Å². The molecule has 0 aliphatic heterocycles. The summed E-state index contributed by atoms with van der Waals surface area (Å²) in [6, 6.07) is 4.62. The first-order valence-corrected chi connectivity index (χ1v) is 10.6. The first kappa shape index (κ1) is 23.1. The van der Waals surface area contributed by atoms with Crippen LogP contribution in [-0.2, 0) is 25.9 Å². The lowest BCUT2D eigenvalue weighted by molar-refractivity contribution is -0.357. The highest BCUT2D eigenvalue weighted by atomic mass is 19.4. The Morgan fingerprint density at radius 3 is 2.29 bits per heavy atom. The van der Waals surface area contributed by atoms with Gasteiger partial charge in [0.15, 0.2) is 5.82 Å². The fourth-order valence-electron chi connectivity index (χ4n) is 5.06. The third kappa shape index (κ3) is 4.38. The smallest absolute Gasteiger partial charge is 0.368 e. The van der Waals surface area contributed by atoms with E-state index in [0.717, 1.165) is 12.1 Å². The average Bonchev–Trinajstić information content (AvgIpc) is 3.13. The van der Waals surface area contributed by atoms with Crippen molar-refractivity contribution in [3.63, 3.8) is 0 Å². The van der Waals surface area contributed by atoms with E-state index >= 15 is 0 Å². The van der Waals surface area contributed by atoms with E-state index in [2.05, 4.69) is 20.1 Å². The van der Waals surface area contributed by atoms with Crippen LogP contribution in [-0.4, -0.2) is 51.4 Å². The van der Waals surface area contributed by atoms with E-state index in [0.29, 0.717) is 30.8 Å². The number of benzene rings is 1. The summed E-state index contributed by atoms with van der Waals surface area (Å²) in [5.74, 6) is 0.238. The third-order valence-corrected chi connectivity index (χ3v) is 6.66. The number of nitrogens with one attached hydrogen (secondary N) is 1. The first-order valence-electron chi connectivity index (χ1n) is 10.6. The standard InChI is InChI=1S/C21H20F6N4O3/c22-20(23,24)12-1-3-13(4-2-12)31-11-28-17(30-31)18-8-19(9-18,10-18)29-16(32)7-33-14-5-15(6-14)34-21(25,26)27/h1-4,11,14-15H,5-10H2,(H,29,32)/t14-,15+,18?,19?. The molecule has 0 saturated heterocycles. The molecule has 1 amide bonds. The number of nitrogens with zero attached hydrogens (tertiary/aromatic N) is 3. The molecule has 1 aromatic carbocycles.